The predicted molar refractivity (Wildman–Crippen MR) is 55.4 cm³/mol. The van der Waals surface area contributed by atoms with Crippen LogP contribution in [0.25, 0.3) is 0 Å². The number of hydrogen-bond acceptors (Lipinski definition) is 6. The Labute approximate surface area is 96.0 Å². The molecule has 0 spiro atoms. The minimum absolute atomic E-state index is 0.0523. The quantitative estimate of drug-likeness (QED) is 0.481. The molecule has 0 aromatic heterocycles. The number of ether oxygens (including phenoxy) is 1. The van der Waals surface area contributed by atoms with Gasteiger partial charge in [0.15, 0.2) is 0 Å². The van der Waals surface area contributed by atoms with Crippen molar-refractivity contribution >= 4 is 11.7 Å². The zero-order valence-corrected chi connectivity index (χ0v) is 8.84. The summed E-state index contributed by atoms with van der Waals surface area (Å²) in [4.78, 5) is 21.3. The van der Waals surface area contributed by atoms with Crippen molar-refractivity contribution in [2.24, 2.45) is 0 Å². The molecule has 7 nitrogen and oxygen atoms in total. The molecule has 7 heteroatoms. The average molecular weight is 236 g/mol. The van der Waals surface area contributed by atoms with Gasteiger partial charge in [-0.2, -0.15) is 5.26 Å². The molecular formula is C10H8N2O5. The van der Waals surface area contributed by atoms with Gasteiger partial charge in [0.2, 0.25) is 0 Å². The van der Waals surface area contributed by atoms with Gasteiger partial charge in [-0.25, -0.2) is 4.79 Å². The van der Waals surface area contributed by atoms with Crippen molar-refractivity contribution in [2.75, 3.05) is 6.61 Å². The maximum absolute atomic E-state index is 11.4. The summed E-state index contributed by atoms with van der Waals surface area (Å²) in [6, 6.07) is 3.27. The molecule has 1 rings (SSSR count). The molecule has 0 atom stereocenters. The number of hydrogen-bond donors (Lipinski definition) is 1. The summed E-state index contributed by atoms with van der Waals surface area (Å²) in [6.07, 6.45) is 0. The molecule has 0 aliphatic heterocycles. The molecule has 88 valence electrons. The highest BCUT2D eigenvalue weighted by molar-refractivity contribution is 5.94. The van der Waals surface area contributed by atoms with Gasteiger partial charge in [-0.1, -0.05) is 0 Å². The number of carbonyl (C=O) groups excluding carboxylic acids is 1. The van der Waals surface area contributed by atoms with Gasteiger partial charge in [0.1, 0.15) is 22.9 Å². The molecule has 1 aromatic rings. The van der Waals surface area contributed by atoms with E-state index >= 15 is 0 Å². The first-order valence-corrected chi connectivity index (χ1v) is 4.59. The van der Waals surface area contributed by atoms with E-state index in [2.05, 4.69) is 4.74 Å². The topological polar surface area (TPSA) is 113 Å². The van der Waals surface area contributed by atoms with Crippen molar-refractivity contribution in [2.45, 2.75) is 6.92 Å². The molecule has 1 N–H and O–H groups in total. The van der Waals surface area contributed by atoms with Crippen molar-refractivity contribution in [1.29, 1.82) is 5.26 Å². The van der Waals surface area contributed by atoms with Gasteiger partial charge >= 0.3 is 5.97 Å². The monoisotopic (exact) mass is 236 g/mol. The Hall–Kier alpha value is -2.62. The maximum atomic E-state index is 11.4. The van der Waals surface area contributed by atoms with Crippen LogP contribution in [0.15, 0.2) is 12.1 Å². The SMILES string of the molecule is CCOC(=O)c1cc(O)c(C#N)cc1[N+](=O)[O-]. The third-order valence-corrected chi connectivity index (χ3v) is 1.93. The molecule has 0 saturated heterocycles. The lowest BCUT2D eigenvalue weighted by atomic mass is 10.1. The number of carbonyl (C=O) groups is 1. The Morgan fingerprint density at radius 2 is 2.29 bits per heavy atom. The summed E-state index contributed by atoms with van der Waals surface area (Å²) in [5, 5.41) is 28.7. The zero-order valence-electron chi connectivity index (χ0n) is 8.84. The average Bonchev–Trinajstić information content (AvgIpc) is 2.28. The number of nitrogens with zero attached hydrogens (tertiary/aromatic N) is 2. The van der Waals surface area contributed by atoms with Crippen LogP contribution >= 0.6 is 0 Å². The molecule has 0 unspecified atom stereocenters. The summed E-state index contributed by atoms with van der Waals surface area (Å²) in [5.74, 6) is -1.42. The van der Waals surface area contributed by atoms with Gasteiger partial charge in [0, 0.05) is 12.1 Å². The van der Waals surface area contributed by atoms with E-state index in [1.807, 2.05) is 0 Å². The minimum atomic E-state index is -0.918. The lowest BCUT2D eigenvalue weighted by Gasteiger charge is -2.04. The number of benzene rings is 1. The summed E-state index contributed by atoms with van der Waals surface area (Å²) in [7, 11) is 0. The van der Waals surface area contributed by atoms with E-state index < -0.39 is 22.3 Å². The molecule has 0 aliphatic carbocycles. The van der Waals surface area contributed by atoms with Crippen molar-refractivity contribution in [3.05, 3.63) is 33.4 Å². The number of aromatic hydroxyl groups is 1. The summed E-state index contributed by atoms with van der Waals surface area (Å²) in [6.45, 7) is 1.60. The summed E-state index contributed by atoms with van der Waals surface area (Å²) < 4.78 is 4.61. The van der Waals surface area contributed by atoms with Crippen molar-refractivity contribution < 1.29 is 19.6 Å². The Kier molecular flexibility index (Phi) is 3.62. The van der Waals surface area contributed by atoms with E-state index in [9.17, 15) is 20.0 Å². The molecule has 0 bridgehead atoms. The van der Waals surface area contributed by atoms with Crippen LogP contribution in [-0.2, 0) is 4.74 Å². The minimum Gasteiger partial charge on any atom is -0.507 e. The zero-order chi connectivity index (χ0) is 13.0. The number of nitriles is 1. The fourth-order valence-corrected chi connectivity index (χ4v) is 1.19. The number of nitro benzene ring substituents is 1. The van der Waals surface area contributed by atoms with Crippen LogP contribution in [0.4, 0.5) is 5.69 Å². The first-order chi connectivity index (χ1) is 8.01. The van der Waals surface area contributed by atoms with Crippen LogP contribution in [0.3, 0.4) is 0 Å². The van der Waals surface area contributed by atoms with Gasteiger partial charge in [0.05, 0.1) is 11.5 Å². The standard InChI is InChI=1S/C10H8N2O5/c1-2-17-10(14)7-4-9(13)6(5-11)3-8(7)12(15)16/h3-4,13H,2H2,1H3. The molecule has 0 heterocycles. The highest BCUT2D eigenvalue weighted by atomic mass is 16.6. The van der Waals surface area contributed by atoms with Crippen LogP contribution in [-0.4, -0.2) is 22.6 Å². The maximum Gasteiger partial charge on any atom is 0.345 e. The molecule has 0 saturated carbocycles. The number of phenolic OH excluding ortho intramolecular Hbond substituents is 1. The summed E-state index contributed by atoms with van der Waals surface area (Å²) in [5.41, 5.74) is -1.23. The smallest absolute Gasteiger partial charge is 0.345 e. The second kappa shape index (κ2) is 4.94. The molecule has 0 radical (unpaired) electrons. The molecule has 1 aromatic carbocycles. The fraction of sp³-hybridized carbons (Fsp3) is 0.200. The van der Waals surface area contributed by atoms with E-state index in [-0.39, 0.29) is 17.7 Å². The van der Waals surface area contributed by atoms with Crippen LogP contribution in [0.5, 0.6) is 5.75 Å². The van der Waals surface area contributed by atoms with E-state index in [1.54, 1.807) is 13.0 Å². The lowest BCUT2D eigenvalue weighted by molar-refractivity contribution is -0.385. The van der Waals surface area contributed by atoms with Crippen LogP contribution < -0.4 is 0 Å². The van der Waals surface area contributed by atoms with E-state index in [0.717, 1.165) is 12.1 Å². The number of phenols is 1. The lowest BCUT2D eigenvalue weighted by Crippen LogP contribution is -2.08. The molecule has 0 aliphatic rings. The first-order valence-electron chi connectivity index (χ1n) is 4.59. The van der Waals surface area contributed by atoms with Gasteiger partial charge in [0.25, 0.3) is 5.69 Å². The predicted octanol–water partition coefficient (Wildman–Crippen LogP) is 1.35. The first kappa shape index (κ1) is 12.4. The van der Waals surface area contributed by atoms with E-state index in [1.165, 1.54) is 0 Å². The van der Waals surface area contributed by atoms with Gasteiger partial charge < -0.3 is 9.84 Å². The van der Waals surface area contributed by atoms with Crippen LogP contribution in [0, 0.1) is 21.4 Å². The van der Waals surface area contributed by atoms with Crippen LogP contribution in [0.2, 0.25) is 0 Å². The van der Waals surface area contributed by atoms with Crippen molar-refractivity contribution in [1.82, 2.24) is 0 Å². The molecule has 0 fully saturated rings. The highest BCUT2D eigenvalue weighted by Gasteiger charge is 2.24. The Bertz CT molecular complexity index is 518. The fourth-order valence-electron chi connectivity index (χ4n) is 1.19. The Balaban J connectivity index is 3.39. The normalized spacial score (nSPS) is 9.41. The number of rotatable bonds is 3. The van der Waals surface area contributed by atoms with Crippen molar-refractivity contribution in [3.8, 4) is 11.8 Å². The molecule has 17 heavy (non-hydrogen) atoms. The largest absolute Gasteiger partial charge is 0.507 e. The van der Waals surface area contributed by atoms with Gasteiger partial charge in [-0.15, -0.1) is 0 Å². The van der Waals surface area contributed by atoms with Gasteiger partial charge in [-0.05, 0) is 6.92 Å². The molecular weight excluding hydrogens is 228 g/mol. The van der Waals surface area contributed by atoms with E-state index in [4.69, 9.17) is 5.26 Å². The Morgan fingerprint density at radius 1 is 1.65 bits per heavy atom. The molecule has 0 amide bonds. The van der Waals surface area contributed by atoms with Crippen molar-refractivity contribution in [3.63, 3.8) is 0 Å². The third-order valence-electron chi connectivity index (χ3n) is 1.93. The van der Waals surface area contributed by atoms with Crippen LogP contribution in [0.1, 0.15) is 22.8 Å². The van der Waals surface area contributed by atoms with Gasteiger partial charge in [-0.3, -0.25) is 10.1 Å². The van der Waals surface area contributed by atoms with E-state index in [0.29, 0.717) is 0 Å². The summed E-state index contributed by atoms with van der Waals surface area (Å²) >= 11 is 0. The number of nitro groups is 1. The third kappa shape index (κ3) is 2.49. The second-order valence-electron chi connectivity index (χ2n) is 2.98. The Morgan fingerprint density at radius 3 is 2.76 bits per heavy atom. The highest BCUT2D eigenvalue weighted by Crippen LogP contribution is 2.28. The second-order valence-corrected chi connectivity index (χ2v) is 2.98. The number of esters is 1.